The van der Waals surface area contributed by atoms with Crippen molar-refractivity contribution in [2.45, 2.75) is 26.4 Å². The second-order valence-corrected chi connectivity index (χ2v) is 4.46. The molecule has 0 aliphatic rings. The molecule has 0 amide bonds. The third-order valence-electron chi connectivity index (χ3n) is 2.88. The van der Waals surface area contributed by atoms with E-state index in [1.807, 2.05) is 26.0 Å². The minimum Gasteiger partial charge on any atom is -0.503 e. The van der Waals surface area contributed by atoms with Crippen LogP contribution >= 0.6 is 0 Å². The minimum atomic E-state index is -0.960. The van der Waals surface area contributed by atoms with E-state index in [2.05, 4.69) is 5.32 Å². The summed E-state index contributed by atoms with van der Waals surface area (Å²) in [6.45, 7) is 4.02. The molecule has 0 saturated heterocycles. The van der Waals surface area contributed by atoms with Crippen molar-refractivity contribution in [2.75, 3.05) is 0 Å². The summed E-state index contributed by atoms with van der Waals surface area (Å²) in [5.41, 5.74) is 0.419. The van der Waals surface area contributed by atoms with Crippen LogP contribution in [0.1, 0.15) is 30.0 Å². The van der Waals surface area contributed by atoms with Gasteiger partial charge in [0.2, 0.25) is 0 Å². The van der Waals surface area contributed by atoms with Gasteiger partial charge in [-0.15, -0.1) is 0 Å². The van der Waals surface area contributed by atoms with Crippen LogP contribution in [0, 0.1) is 18.6 Å². The van der Waals surface area contributed by atoms with Gasteiger partial charge in [-0.25, -0.2) is 8.78 Å². The van der Waals surface area contributed by atoms with E-state index in [0.29, 0.717) is 5.56 Å². The van der Waals surface area contributed by atoms with Crippen LogP contribution in [0.2, 0.25) is 0 Å². The number of phenols is 1. The highest BCUT2D eigenvalue weighted by Gasteiger charge is 2.12. The van der Waals surface area contributed by atoms with Crippen LogP contribution in [0.4, 0.5) is 8.78 Å². The number of nitrogens with one attached hydrogen (secondary N) is 1. The molecule has 0 saturated carbocycles. The van der Waals surface area contributed by atoms with E-state index in [1.54, 1.807) is 0 Å². The van der Waals surface area contributed by atoms with Gasteiger partial charge in [-0.3, -0.25) is 0 Å². The van der Waals surface area contributed by atoms with Gasteiger partial charge >= 0.3 is 0 Å². The van der Waals surface area contributed by atoms with Gasteiger partial charge in [0.15, 0.2) is 17.4 Å². The van der Waals surface area contributed by atoms with Gasteiger partial charge in [-0.2, -0.15) is 0 Å². The molecule has 3 nitrogen and oxygen atoms in total. The SMILES string of the molecule is Cc1ccc(C(C)NCc2cc(F)c(O)c(F)c2)o1. The Labute approximate surface area is 109 Å². The van der Waals surface area contributed by atoms with Gasteiger partial charge < -0.3 is 14.8 Å². The maximum atomic E-state index is 13.2. The number of hydrogen-bond acceptors (Lipinski definition) is 3. The largest absolute Gasteiger partial charge is 0.503 e. The van der Waals surface area contributed by atoms with Crippen LogP contribution < -0.4 is 5.32 Å². The van der Waals surface area contributed by atoms with Crippen LogP contribution in [0.25, 0.3) is 0 Å². The fourth-order valence-electron chi connectivity index (χ4n) is 1.78. The summed E-state index contributed by atoms with van der Waals surface area (Å²) in [4.78, 5) is 0. The number of benzene rings is 1. The van der Waals surface area contributed by atoms with Crippen molar-refractivity contribution in [1.82, 2.24) is 5.32 Å². The lowest BCUT2D eigenvalue weighted by Crippen LogP contribution is -2.17. The normalized spacial score (nSPS) is 12.6. The molecule has 2 rings (SSSR count). The second-order valence-electron chi connectivity index (χ2n) is 4.46. The van der Waals surface area contributed by atoms with Gasteiger partial charge in [0.25, 0.3) is 0 Å². The molecule has 0 aliphatic heterocycles. The highest BCUT2D eigenvalue weighted by molar-refractivity contribution is 5.30. The minimum absolute atomic E-state index is 0.0753. The Hall–Kier alpha value is -1.88. The Kier molecular flexibility index (Phi) is 3.85. The van der Waals surface area contributed by atoms with E-state index in [4.69, 9.17) is 9.52 Å². The number of aromatic hydroxyl groups is 1. The smallest absolute Gasteiger partial charge is 0.187 e. The molecular weight excluding hydrogens is 252 g/mol. The van der Waals surface area contributed by atoms with Crippen molar-refractivity contribution in [3.05, 3.63) is 53.0 Å². The molecule has 1 unspecified atom stereocenters. The quantitative estimate of drug-likeness (QED) is 0.892. The molecule has 2 N–H and O–H groups in total. The predicted molar refractivity (Wildman–Crippen MR) is 66.7 cm³/mol. The fraction of sp³-hybridized carbons (Fsp3) is 0.286. The molecule has 102 valence electrons. The summed E-state index contributed by atoms with van der Waals surface area (Å²) < 4.78 is 31.8. The molecule has 1 heterocycles. The van der Waals surface area contributed by atoms with Crippen LogP contribution in [0.15, 0.2) is 28.7 Å². The van der Waals surface area contributed by atoms with Crippen LogP contribution in [-0.2, 0) is 6.54 Å². The number of rotatable bonds is 4. The molecule has 5 heteroatoms. The first-order chi connectivity index (χ1) is 8.97. The van der Waals surface area contributed by atoms with E-state index in [9.17, 15) is 8.78 Å². The maximum absolute atomic E-state index is 13.2. The zero-order valence-corrected chi connectivity index (χ0v) is 10.7. The van der Waals surface area contributed by atoms with Crippen molar-refractivity contribution in [3.8, 4) is 5.75 Å². The van der Waals surface area contributed by atoms with E-state index >= 15 is 0 Å². The van der Waals surface area contributed by atoms with Gasteiger partial charge in [-0.1, -0.05) is 0 Å². The standard InChI is InChI=1S/C14H15F2NO2/c1-8-3-4-13(19-8)9(2)17-7-10-5-11(15)14(18)12(16)6-10/h3-6,9,17-18H,7H2,1-2H3. The molecule has 19 heavy (non-hydrogen) atoms. The third kappa shape index (κ3) is 3.12. The first-order valence-electron chi connectivity index (χ1n) is 5.94. The van der Waals surface area contributed by atoms with Gasteiger partial charge in [0.1, 0.15) is 11.5 Å². The zero-order valence-electron chi connectivity index (χ0n) is 10.7. The molecule has 0 spiro atoms. The number of hydrogen-bond donors (Lipinski definition) is 2. The number of phenolic OH excluding ortho intramolecular Hbond substituents is 1. The van der Waals surface area contributed by atoms with Gasteiger partial charge in [0, 0.05) is 6.54 Å². The number of halogens is 2. The molecule has 1 atom stereocenters. The topological polar surface area (TPSA) is 45.4 Å². The van der Waals surface area contributed by atoms with E-state index in [-0.39, 0.29) is 12.6 Å². The zero-order chi connectivity index (χ0) is 14.0. The summed E-state index contributed by atoms with van der Waals surface area (Å²) in [7, 11) is 0. The van der Waals surface area contributed by atoms with Crippen LogP contribution in [0.5, 0.6) is 5.75 Å². The van der Waals surface area contributed by atoms with Gasteiger partial charge in [-0.05, 0) is 43.7 Å². The third-order valence-corrected chi connectivity index (χ3v) is 2.88. The molecule has 0 aliphatic carbocycles. The Bertz CT molecular complexity index is 558. The number of furan rings is 1. The van der Waals surface area contributed by atoms with E-state index in [0.717, 1.165) is 23.7 Å². The fourth-order valence-corrected chi connectivity index (χ4v) is 1.78. The van der Waals surface area contributed by atoms with Crippen LogP contribution in [0.3, 0.4) is 0 Å². The average molecular weight is 267 g/mol. The predicted octanol–water partition coefficient (Wildman–Crippen LogP) is 3.42. The molecular formula is C14H15F2NO2. The maximum Gasteiger partial charge on any atom is 0.187 e. The first kappa shape index (κ1) is 13.5. The monoisotopic (exact) mass is 267 g/mol. The lowest BCUT2D eigenvalue weighted by Gasteiger charge is -2.12. The molecule has 1 aromatic heterocycles. The Balaban J connectivity index is 2.03. The average Bonchev–Trinajstić information content (AvgIpc) is 2.79. The van der Waals surface area contributed by atoms with Crippen molar-refractivity contribution >= 4 is 0 Å². The Morgan fingerprint density at radius 1 is 1.26 bits per heavy atom. The molecule has 0 bridgehead atoms. The summed E-state index contributed by atoms with van der Waals surface area (Å²) in [5.74, 6) is -1.29. The Morgan fingerprint density at radius 3 is 2.42 bits per heavy atom. The molecule has 0 fully saturated rings. The first-order valence-corrected chi connectivity index (χ1v) is 5.94. The van der Waals surface area contributed by atoms with Crippen molar-refractivity contribution < 1.29 is 18.3 Å². The highest BCUT2D eigenvalue weighted by Crippen LogP contribution is 2.22. The van der Waals surface area contributed by atoms with Gasteiger partial charge in [0.05, 0.1) is 6.04 Å². The summed E-state index contributed by atoms with van der Waals surface area (Å²) >= 11 is 0. The molecule has 2 aromatic rings. The molecule has 1 aromatic carbocycles. The lowest BCUT2D eigenvalue weighted by atomic mass is 10.1. The Morgan fingerprint density at radius 2 is 1.89 bits per heavy atom. The van der Waals surface area contributed by atoms with Crippen molar-refractivity contribution in [3.63, 3.8) is 0 Å². The molecule has 0 radical (unpaired) electrons. The van der Waals surface area contributed by atoms with Crippen LogP contribution in [-0.4, -0.2) is 5.11 Å². The van der Waals surface area contributed by atoms with Crippen molar-refractivity contribution in [2.24, 2.45) is 0 Å². The summed E-state index contributed by atoms with van der Waals surface area (Å²) in [6.07, 6.45) is 0. The lowest BCUT2D eigenvalue weighted by molar-refractivity contribution is 0.393. The van der Waals surface area contributed by atoms with E-state index in [1.165, 1.54) is 0 Å². The van der Waals surface area contributed by atoms with Crippen molar-refractivity contribution in [1.29, 1.82) is 0 Å². The highest BCUT2D eigenvalue weighted by atomic mass is 19.1. The summed E-state index contributed by atoms with van der Waals surface area (Å²) in [6, 6.07) is 5.84. The van der Waals surface area contributed by atoms with E-state index < -0.39 is 17.4 Å². The summed E-state index contributed by atoms with van der Waals surface area (Å²) in [5, 5.41) is 12.1. The second kappa shape index (κ2) is 5.40. The number of aryl methyl sites for hydroxylation is 1.